The van der Waals surface area contributed by atoms with Gasteiger partial charge >= 0.3 is 23.0 Å². The van der Waals surface area contributed by atoms with E-state index < -0.39 is 56.2 Å². The fourth-order valence-corrected chi connectivity index (χ4v) is 3.16. The van der Waals surface area contributed by atoms with Gasteiger partial charge in [0.15, 0.2) is 33.2 Å². The minimum absolute atomic E-state index is 1.29. The minimum atomic E-state index is -3.68. The highest BCUT2D eigenvalue weighted by atomic mass is 31.1. The summed E-state index contributed by atoms with van der Waals surface area (Å²) < 4.78 is 64.5. The summed E-state index contributed by atoms with van der Waals surface area (Å²) in [7, 11) is -11.0. The van der Waals surface area contributed by atoms with Crippen molar-refractivity contribution in [3.05, 3.63) is 0 Å². The predicted molar refractivity (Wildman–Crippen MR) is 55.2 cm³/mol. The van der Waals surface area contributed by atoms with Crippen molar-refractivity contribution in [3.8, 4) is 17.2 Å². The summed E-state index contributed by atoms with van der Waals surface area (Å²) >= 11 is 0. The third-order valence-corrected chi connectivity index (χ3v) is 4.26. The average Bonchev–Trinajstić information content (AvgIpc) is 2.14. The van der Waals surface area contributed by atoms with E-state index in [1.807, 2.05) is 0 Å². The molecule has 0 unspecified atom stereocenters. The molecule has 1 aromatic rings. The maximum atomic E-state index is 10.7. The highest BCUT2D eigenvalue weighted by Gasteiger charge is 2.31. The van der Waals surface area contributed by atoms with Crippen molar-refractivity contribution in [2.45, 2.75) is 0 Å². The van der Waals surface area contributed by atoms with Gasteiger partial charge in [-0.15, -0.1) is 0 Å². The minimum Gasteiger partial charge on any atom is -0.505 e. The van der Waals surface area contributed by atoms with Crippen molar-refractivity contribution >= 4 is 39.0 Å². The fourth-order valence-electron chi connectivity index (χ4n) is 1.19. The van der Waals surface area contributed by atoms with E-state index in [9.17, 15) is 42.7 Å². The van der Waals surface area contributed by atoms with Gasteiger partial charge in [0.2, 0.25) is 0 Å². The Kier molecular flexibility index (Phi) is 3.92. The first-order valence-electron chi connectivity index (χ1n) is 3.94. The van der Waals surface area contributed by atoms with Crippen LogP contribution in [-0.4, -0.2) is 15.3 Å². The highest BCUT2D eigenvalue weighted by Crippen LogP contribution is 2.33. The molecule has 0 fully saturated rings. The summed E-state index contributed by atoms with van der Waals surface area (Å²) in [5.74, 6) is -4.30. The monoisotopic (exact) mass is 312 g/mol. The standard InChI is InChI=1S/C6H3O9P3/c7-1-4(16(10)11)2(8)6(18(14)15)3(9)5(1)17(12)13/h7-9H. The molecule has 0 saturated heterocycles. The molecule has 0 aliphatic carbocycles. The Morgan fingerprint density at radius 3 is 0.778 bits per heavy atom. The van der Waals surface area contributed by atoms with Crippen LogP contribution in [0.25, 0.3) is 0 Å². The molecular formula is C6H3O9P3. The molecule has 9 nitrogen and oxygen atoms in total. The van der Waals surface area contributed by atoms with E-state index in [4.69, 9.17) is 0 Å². The van der Waals surface area contributed by atoms with E-state index >= 15 is 0 Å². The maximum absolute atomic E-state index is 10.7. The van der Waals surface area contributed by atoms with Crippen molar-refractivity contribution in [1.29, 1.82) is 0 Å². The number of phenolic OH excluding ortho intramolecular Hbond substituents is 3. The maximum Gasteiger partial charge on any atom is 0.356 e. The Morgan fingerprint density at radius 1 is 0.500 bits per heavy atom. The first-order valence-corrected chi connectivity index (χ1v) is 7.47. The number of phenols is 3. The van der Waals surface area contributed by atoms with E-state index in [-0.39, 0.29) is 0 Å². The molecule has 0 radical (unpaired) electrons. The Bertz CT molecular complexity index is 592. The van der Waals surface area contributed by atoms with Crippen LogP contribution >= 0.6 is 23.0 Å². The lowest BCUT2D eigenvalue weighted by atomic mass is 10.3. The summed E-state index contributed by atoms with van der Waals surface area (Å²) in [5.41, 5.74) is 0. The third kappa shape index (κ3) is 2.16. The SMILES string of the molecule is O=P(=O)c1c(O)c(P(=O)=O)c(O)c(P(=O)=O)c1O. The fraction of sp³-hybridized carbons (Fsp3) is 0. The van der Waals surface area contributed by atoms with Crippen LogP contribution in [0.4, 0.5) is 0 Å². The van der Waals surface area contributed by atoms with Gasteiger partial charge in [-0.1, -0.05) is 0 Å². The summed E-state index contributed by atoms with van der Waals surface area (Å²) in [6.07, 6.45) is 0. The second-order valence-corrected chi connectivity index (χ2v) is 5.75. The van der Waals surface area contributed by atoms with Crippen LogP contribution in [0.2, 0.25) is 0 Å². The molecule has 12 heteroatoms. The predicted octanol–water partition coefficient (Wildman–Crippen LogP) is 0.198. The molecule has 0 atom stereocenters. The molecule has 0 aliphatic rings. The summed E-state index contributed by atoms with van der Waals surface area (Å²) in [6.45, 7) is 0. The highest BCUT2D eigenvalue weighted by molar-refractivity contribution is 7.45. The Balaban J connectivity index is 4.13. The van der Waals surface area contributed by atoms with Gasteiger partial charge in [0.1, 0.15) is 0 Å². The Labute approximate surface area is 99.5 Å². The van der Waals surface area contributed by atoms with Crippen molar-refractivity contribution in [3.63, 3.8) is 0 Å². The van der Waals surface area contributed by atoms with Gasteiger partial charge < -0.3 is 15.3 Å². The van der Waals surface area contributed by atoms with E-state index in [0.717, 1.165) is 0 Å². The first kappa shape index (κ1) is 14.4. The molecular weight excluding hydrogens is 309 g/mol. The molecule has 0 aliphatic heterocycles. The van der Waals surface area contributed by atoms with Gasteiger partial charge in [0, 0.05) is 0 Å². The molecule has 0 spiro atoms. The molecule has 18 heavy (non-hydrogen) atoms. The molecule has 3 N–H and O–H groups in total. The largest absolute Gasteiger partial charge is 0.505 e. The molecule has 0 amide bonds. The van der Waals surface area contributed by atoms with Crippen molar-refractivity contribution < 1.29 is 42.7 Å². The van der Waals surface area contributed by atoms with E-state index in [0.29, 0.717) is 0 Å². The van der Waals surface area contributed by atoms with Crippen LogP contribution in [0.5, 0.6) is 17.2 Å². The molecule has 0 bridgehead atoms. The molecule has 0 saturated carbocycles. The van der Waals surface area contributed by atoms with Crippen LogP contribution in [0.1, 0.15) is 0 Å². The number of hydrogen-bond acceptors (Lipinski definition) is 9. The number of aromatic hydroxyl groups is 3. The molecule has 0 heterocycles. The van der Waals surface area contributed by atoms with Crippen LogP contribution in [0, 0.1) is 0 Å². The second kappa shape index (κ2) is 4.90. The van der Waals surface area contributed by atoms with E-state index in [1.54, 1.807) is 0 Å². The van der Waals surface area contributed by atoms with Gasteiger partial charge in [-0.25, -0.2) is 27.4 Å². The van der Waals surface area contributed by atoms with Crippen molar-refractivity contribution in [2.24, 2.45) is 0 Å². The quantitative estimate of drug-likeness (QED) is 0.661. The summed E-state index contributed by atoms with van der Waals surface area (Å²) in [5, 5.41) is 24.1. The third-order valence-electron chi connectivity index (χ3n) is 1.89. The first-order chi connectivity index (χ1) is 8.20. The van der Waals surface area contributed by atoms with Crippen LogP contribution in [0.15, 0.2) is 0 Å². The normalized spacial score (nSPS) is 10.0. The average molecular weight is 312 g/mol. The van der Waals surface area contributed by atoms with Crippen molar-refractivity contribution in [2.75, 3.05) is 0 Å². The van der Waals surface area contributed by atoms with E-state index in [1.165, 1.54) is 0 Å². The van der Waals surface area contributed by atoms with Crippen LogP contribution in [-0.2, 0) is 27.4 Å². The van der Waals surface area contributed by atoms with Gasteiger partial charge in [-0.05, 0) is 0 Å². The molecule has 0 aromatic heterocycles. The zero-order valence-corrected chi connectivity index (χ0v) is 10.8. The van der Waals surface area contributed by atoms with Crippen LogP contribution in [0.3, 0.4) is 0 Å². The Hall–Kier alpha value is -1.68. The van der Waals surface area contributed by atoms with Crippen LogP contribution < -0.4 is 15.9 Å². The molecule has 1 rings (SSSR count). The number of hydrogen-bond donors (Lipinski definition) is 3. The molecule has 96 valence electrons. The smallest absolute Gasteiger partial charge is 0.356 e. The van der Waals surface area contributed by atoms with Gasteiger partial charge in [-0.3, -0.25) is 0 Å². The zero-order valence-electron chi connectivity index (χ0n) is 8.13. The lowest BCUT2D eigenvalue weighted by Gasteiger charge is -2.06. The van der Waals surface area contributed by atoms with Gasteiger partial charge in [-0.2, -0.15) is 0 Å². The molecule has 1 aromatic carbocycles. The van der Waals surface area contributed by atoms with E-state index in [2.05, 4.69) is 0 Å². The summed E-state index contributed by atoms with van der Waals surface area (Å²) in [4.78, 5) is 0. The number of benzene rings is 1. The van der Waals surface area contributed by atoms with Gasteiger partial charge in [0.05, 0.1) is 0 Å². The lowest BCUT2D eigenvalue weighted by molar-refractivity contribution is 0.440. The van der Waals surface area contributed by atoms with Crippen molar-refractivity contribution in [1.82, 2.24) is 0 Å². The second-order valence-electron chi connectivity index (χ2n) is 2.86. The number of rotatable bonds is 3. The summed E-state index contributed by atoms with van der Waals surface area (Å²) in [6, 6.07) is 0. The topological polar surface area (TPSA) is 163 Å². The van der Waals surface area contributed by atoms with Gasteiger partial charge in [0.25, 0.3) is 0 Å². The zero-order chi connectivity index (χ0) is 14.2. The lowest BCUT2D eigenvalue weighted by Crippen LogP contribution is -2.16. The Morgan fingerprint density at radius 2 is 0.667 bits per heavy atom.